The van der Waals surface area contributed by atoms with Crippen molar-refractivity contribution in [1.29, 1.82) is 0 Å². The highest BCUT2D eigenvalue weighted by Gasteiger charge is 2.27. The molecule has 1 aromatic heterocycles. The molecule has 0 radical (unpaired) electrons. The number of halogens is 1. The van der Waals surface area contributed by atoms with Crippen molar-refractivity contribution in [2.45, 2.75) is 38.5 Å². The van der Waals surface area contributed by atoms with Gasteiger partial charge in [0.05, 0.1) is 9.26 Å². The second-order valence-electron chi connectivity index (χ2n) is 5.86. The van der Waals surface area contributed by atoms with Gasteiger partial charge in [0.2, 0.25) is 0 Å². The van der Waals surface area contributed by atoms with E-state index in [1.165, 1.54) is 24.0 Å². The van der Waals surface area contributed by atoms with Gasteiger partial charge < -0.3 is 5.32 Å². The third-order valence-corrected chi connectivity index (χ3v) is 4.94. The summed E-state index contributed by atoms with van der Waals surface area (Å²) in [5.41, 5.74) is 3.71. The van der Waals surface area contributed by atoms with Gasteiger partial charge in [-0.05, 0) is 52.8 Å². The first-order valence-electron chi connectivity index (χ1n) is 7.46. The SMILES string of the molecule is CNc1nc(-c2ccccc2C2CC2)nc(C(C)C)c1I. The lowest BCUT2D eigenvalue weighted by Crippen LogP contribution is -2.07. The van der Waals surface area contributed by atoms with Gasteiger partial charge in [0.25, 0.3) is 0 Å². The molecule has 1 heterocycles. The molecule has 0 aliphatic heterocycles. The van der Waals surface area contributed by atoms with E-state index in [1.54, 1.807) is 0 Å². The number of anilines is 1. The van der Waals surface area contributed by atoms with Gasteiger partial charge in [-0.1, -0.05) is 38.1 Å². The second kappa shape index (κ2) is 5.91. The van der Waals surface area contributed by atoms with Crippen LogP contribution >= 0.6 is 22.6 Å². The highest BCUT2D eigenvalue weighted by atomic mass is 127. The van der Waals surface area contributed by atoms with Crippen molar-refractivity contribution in [2.24, 2.45) is 0 Å². The van der Waals surface area contributed by atoms with Gasteiger partial charge in [-0.25, -0.2) is 9.97 Å². The van der Waals surface area contributed by atoms with Crippen molar-refractivity contribution in [3.05, 3.63) is 39.1 Å². The van der Waals surface area contributed by atoms with E-state index >= 15 is 0 Å². The third-order valence-electron chi connectivity index (χ3n) is 3.88. The molecular weight excluding hydrogens is 373 g/mol. The third kappa shape index (κ3) is 2.91. The molecular formula is C17H20IN3. The number of hydrogen-bond acceptors (Lipinski definition) is 3. The summed E-state index contributed by atoms with van der Waals surface area (Å²) in [5, 5.41) is 3.21. The normalized spacial score (nSPS) is 14.5. The Hall–Kier alpha value is -1.17. The molecule has 1 saturated carbocycles. The molecule has 4 heteroatoms. The quantitative estimate of drug-likeness (QED) is 0.759. The predicted molar refractivity (Wildman–Crippen MR) is 95.8 cm³/mol. The molecule has 1 N–H and O–H groups in total. The summed E-state index contributed by atoms with van der Waals surface area (Å²) in [5.74, 6) is 2.87. The lowest BCUT2D eigenvalue weighted by Gasteiger charge is -2.15. The Morgan fingerprint density at radius 2 is 1.90 bits per heavy atom. The zero-order chi connectivity index (χ0) is 15.0. The largest absolute Gasteiger partial charge is 0.372 e. The van der Waals surface area contributed by atoms with Gasteiger partial charge in [-0.2, -0.15) is 0 Å². The lowest BCUT2D eigenvalue weighted by atomic mass is 10.0. The number of benzene rings is 1. The second-order valence-corrected chi connectivity index (χ2v) is 6.94. The monoisotopic (exact) mass is 393 g/mol. The van der Waals surface area contributed by atoms with Crippen molar-refractivity contribution >= 4 is 28.4 Å². The molecule has 1 aliphatic carbocycles. The van der Waals surface area contributed by atoms with Crippen LogP contribution in [0.5, 0.6) is 0 Å². The van der Waals surface area contributed by atoms with E-state index in [9.17, 15) is 0 Å². The van der Waals surface area contributed by atoms with Crippen LogP contribution in [0.4, 0.5) is 5.82 Å². The van der Waals surface area contributed by atoms with Crippen molar-refractivity contribution in [3.8, 4) is 11.4 Å². The fourth-order valence-corrected chi connectivity index (χ4v) is 3.72. The van der Waals surface area contributed by atoms with Gasteiger partial charge in [0.1, 0.15) is 5.82 Å². The molecule has 0 atom stereocenters. The Balaban J connectivity index is 2.16. The predicted octanol–water partition coefficient (Wildman–Crippen LogP) is 4.79. The lowest BCUT2D eigenvalue weighted by molar-refractivity contribution is 0.809. The van der Waals surface area contributed by atoms with Gasteiger partial charge in [0.15, 0.2) is 5.82 Å². The van der Waals surface area contributed by atoms with E-state index in [2.05, 4.69) is 66.0 Å². The minimum Gasteiger partial charge on any atom is -0.372 e. The highest BCUT2D eigenvalue weighted by molar-refractivity contribution is 14.1. The van der Waals surface area contributed by atoms with Gasteiger partial charge in [-0.15, -0.1) is 0 Å². The molecule has 110 valence electrons. The number of hydrogen-bond donors (Lipinski definition) is 1. The van der Waals surface area contributed by atoms with Crippen LogP contribution in [-0.4, -0.2) is 17.0 Å². The molecule has 3 nitrogen and oxygen atoms in total. The standard InChI is InChI=1S/C17H20IN3/c1-10(2)15-14(18)17(19-3)21-16(20-15)13-7-5-4-6-12(13)11-8-9-11/h4-7,10-11H,8-9H2,1-3H3,(H,19,20,21). The Labute approximate surface area is 139 Å². The van der Waals surface area contributed by atoms with Crippen molar-refractivity contribution in [1.82, 2.24) is 9.97 Å². The first-order chi connectivity index (χ1) is 10.1. The first kappa shape index (κ1) is 14.8. The van der Waals surface area contributed by atoms with Crippen LogP contribution in [-0.2, 0) is 0 Å². The van der Waals surface area contributed by atoms with Crippen LogP contribution in [0.2, 0.25) is 0 Å². The average Bonchev–Trinajstić information content (AvgIpc) is 3.32. The number of rotatable bonds is 4. The maximum absolute atomic E-state index is 4.86. The fraction of sp³-hybridized carbons (Fsp3) is 0.412. The van der Waals surface area contributed by atoms with E-state index in [0.29, 0.717) is 11.8 Å². The van der Waals surface area contributed by atoms with Crippen LogP contribution in [0.3, 0.4) is 0 Å². The molecule has 1 aliphatic rings. The topological polar surface area (TPSA) is 37.8 Å². The van der Waals surface area contributed by atoms with Crippen LogP contribution in [0.15, 0.2) is 24.3 Å². The first-order valence-corrected chi connectivity index (χ1v) is 8.54. The number of nitrogens with one attached hydrogen (secondary N) is 1. The van der Waals surface area contributed by atoms with Crippen LogP contribution in [0.25, 0.3) is 11.4 Å². The van der Waals surface area contributed by atoms with E-state index < -0.39 is 0 Å². The smallest absolute Gasteiger partial charge is 0.162 e. The summed E-state index contributed by atoms with van der Waals surface area (Å²) in [6.45, 7) is 4.36. The highest BCUT2D eigenvalue weighted by Crippen LogP contribution is 2.44. The zero-order valence-electron chi connectivity index (χ0n) is 12.7. The maximum Gasteiger partial charge on any atom is 0.162 e. The zero-order valence-corrected chi connectivity index (χ0v) is 14.8. The van der Waals surface area contributed by atoms with E-state index in [4.69, 9.17) is 9.97 Å². The summed E-state index contributed by atoms with van der Waals surface area (Å²) < 4.78 is 1.12. The van der Waals surface area contributed by atoms with E-state index in [1.807, 2.05) is 7.05 Å². The minimum absolute atomic E-state index is 0.388. The summed E-state index contributed by atoms with van der Waals surface area (Å²) >= 11 is 2.34. The molecule has 0 amide bonds. The van der Waals surface area contributed by atoms with Crippen molar-refractivity contribution in [3.63, 3.8) is 0 Å². The van der Waals surface area contributed by atoms with Gasteiger partial charge >= 0.3 is 0 Å². The van der Waals surface area contributed by atoms with E-state index in [-0.39, 0.29) is 0 Å². The average molecular weight is 393 g/mol. The molecule has 2 aromatic rings. The number of nitrogens with zero attached hydrogens (tertiary/aromatic N) is 2. The molecule has 0 unspecified atom stereocenters. The molecule has 1 aromatic carbocycles. The van der Waals surface area contributed by atoms with Gasteiger partial charge in [0, 0.05) is 12.6 Å². The molecule has 21 heavy (non-hydrogen) atoms. The summed E-state index contributed by atoms with van der Waals surface area (Å²) in [7, 11) is 1.92. The minimum atomic E-state index is 0.388. The van der Waals surface area contributed by atoms with Gasteiger partial charge in [-0.3, -0.25) is 0 Å². The molecule has 1 fully saturated rings. The Morgan fingerprint density at radius 3 is 2.52 bits per heavy atom. The summed E-state index contributed by atoms with van der Waals surface area (Å²) in [6.07, 6.45) is 2.58. The summed E-state index contributed by atoms with van der Waals surface area (Å²) in [6, 6.07) is 8.57. The van der Waals surface area contributed by atoms with E-state index in [0.717, 1.165) is 20.9 Å². The molecule has 3 rings (SSSR count). The number of aromatic nitrogens is 2. The summed E-state index contributed by atoms with van der Waals surface area (Å²) in [4.78, 5) is 9.61. The molecule has 0 saturated heterocycles. The van der Waals surface area contributed by atoms with Crippen LogP contribution in [0.1, 0.15) is 49.8 Å². The van der Waals surface area contributed by atoms with Crippen molar-refractivity contribution < 1.29 is 0 Å². The Morgan fingerprint density at radius 1 is 1.19 bits per heavy atom. The maximum atomic E-state index is 4.86. The Kier molecular flexibility index (Phi) is 4.15. The molecule has 0 bridgehead atoms. The van der Waals surface area contributed by atoms with Crippen LogP contribution < -0.4 is 5.32 Å². The molecule has 0 spiro atoms. The van der Waals surface area contributed by atoms with Crippen LogP contribution in [0, 0.1) is 3.57 Å². The fourth-order valence-electron chi connectivity index (χ4n) is 2.58. The van der Waals surface area contributed by atoms with Crippen molar-refractivity contribution in [2.75, 3.05) is 12.4 Å². The Bertz CT molecular complexity index is 663.